The monoisotopic (exact) mass is 550 g/mol. The van der Waals surface area contributed by atoms with Gasteiger partial charge in [-0.05, 0) is 60.9 Å². The molecule has 2 aliphatic rings. The predicted molar refractivity (Wildman–Crippen MR) is 144 cm³/mol. The molecule has 2 aromatic carbocycles. The molecule has 1 fully saturated rings. The highest BCUT2D eigenvalue weighted by Gasteiger charge is 2.31. The number of alkyl halides is 3. The van der Waals surface area contributed by atoms with Gasteiger partial charge in [0.2, 0.25) is 11.8 Å². The van der Waals surface area contributed by atoms with Gasteiger partial charge in [-0.25, -0.2) is 14.8 Å². The first-order valence-electron chi connectivity index (χ1n) is 13.4. The fourth-order valence-corrected chi connectivity index (χ4v) is 5.53. The van der Waals surface area contributed by atoms with Crippen molar-refractivity contribution < 1.29 is 23.1 Å². The van der Waals surface area contributed by atoms with Crippen LogP contribution in [0.4, 0.5) is 24.9 Å². The van der Waals surface area contributed by atoms with Crippen LogP contribution in [0.2, 0.25) is 0 Å². The van der Waals surface area contributed by atoms with Gasteiger partial charge in [0.15, 0.2) is 11.5 Å². The van der Waals surface area contributed by atoms with Gasteiger partial charge in [-0.1, -0.05) is 42.8 Å². The Balaban J connectivity index is 1.47. The second-order valence-corrected chi connectivity index (χ2v) is 10.6. The summed E-state index contributed by atoms with van der Waals surface area (Å²) in [6.45, 7) is 3.53. The Morgan fingerprint density at radius 1 is 1.07 bits per heavy atom. The van der Waals surface area contributed by atoms with Crippen LogP contribution in [0.3, 0.4) is 0 Å². The number of benzene rings is 2. The number of hydrogen-bond acceptors (Lipinski definition) is 6. The molecule has 1 atom stereocenters. The number of hydrogen-bond donors (Lipinski definition) is 2. The van der Waals surface area contributed by atoms with Crippen molar-refractivity contribution >= 4 is 28.9 Å². The van der Waals surface area contributed by atoms with Crippen molar-refractivity contribution in [2.75, 3.05) is 16.8 Å². The fourth-order valence-electron chi connectivity index (χ4n) is 5.53. The van der Waals surface area contributed by atoms with Gasteiger partial charge in [-0.2, -0.15) is 18.2 Å². The Morgan fingerprint density at radius 3 is 2.45 bits per heavy atom. The van der Waals surface area contributed by atoms with Gasteiger partial charge in [-0.15, -0.1) is 0 Å². The summed E-state index contributed by atoms with van der Waals surface area (Å²) in [6, 6.07) is 13.3. The summed E-state index contributed by atoms with van der Waals surface area (Å²) in [7, 11) is 0. The first-order valence-corrected chi connectivity index (χ1v) is 13.4. The predicted octanol–water partition coefficient (Wildman–Crippen LogP) is 5.75. The number of anilines is 2. The van der Waals surface area contributed by atoms with Crippen LogP contribution in [-0.2, 0) is 25.7 Å². The molecule has 208 valence electrons. The lowest BCUT2D eigenvalue weighted by molar-refractivity contribution is -0.137. The summed E-state index contributed by atoms with van der Waals surface area (Å²) in [6.07, 6.45) is -0.310. The van der Waals surface area contributed by atoms with Gasteiger partial charge in [0.25, 0.3) is 0 Å². The van der Waals surface area contributed by atoms with Gasteiger partial charge >= 0.3 is 12.1 Å². The van der Waals surface area contributed by atoms with Crippen molar-refractivity contribution in [1.29, 1.82) is 0 Å². The number of aromatic carboxylic acids is 1. The number of halogens is 3. The highest BCUT2D eigenvalue weighted by atomic mass is 19.4. The molecule has 0 spiro atoms. The average Bonchev–Trinajstić information content (AvgIpc) is 3.25. The minimum absolute atomic E-state index is 0.0493. The molecule has 4 aromatic rings. The third-order valence-corrected chi connectivity index (χ3v) is 8.03. The molecule has 40 heavy (non-hydrogen) atoms. The molecular weight excluding hydrogens is 521 g/mol. The van der Waals surface area contributed by atoms with E-state index in [-0.39, 0.29) is 24.1 Å². The van der Waals surface area contributed by atoms with Crippen molar-refractivity contribution in [3.63, 3.8) is 0 Å². The Hall–Kier alpha value is -4.15. The zero-order chi connectivity index (χ0) is 28.0. The number of carboxylic acids is 1. The maximum Gasteiger partial charge on any atom is 0.416 e. The van der Waals surface area contributed by atoms with E-state index in [0.29, 0.717) is 41.9 Å². The van der Waals surface area contributed by atoms with E-state index in [9.17, 15) is 23.1 Å². The van der Waals surface area contributed by atoms with Crippen LogP contribution in [0.15, 0.2) is 48.5 Å². The fraction of sp³-hybridized carbons (Fsp3) is 0.379. The van der Waals surface area contributed by atoms with Crippen LogP contribution in [0.1, 0.15) is 59.1 Å². The van der Waals surface area contributed by atoms with Crippen LogP contribution >= 0.6 is 0 Å². The van der Waals surface area contributed by atoms with Crippen molar-refractivity contribution in [1.82, 2.24) is 19.5 Å². The molecule has 0 unspecified atom stereocenters. The SMILES string of the molecule is C[C@@H](Nc1nc(C(=O)O)nc2nc(N3CCc4ccccc4C3)n(Cc3ccc(C(F)(F)F)cc3)c12)C1CCC1. The van der Waals surface area contributed by atoms with Crippen molar-refractivity contribution in [3.05, 3.63) is 76.6 Å². The quantitative estimate of drug-likeness (QED) is 0.302. The maximum absolute atomic E-state index is 13.2. The molecule has 0 amide bonds. The highest BCUT2D eigenvalue weighted by Crippen LogP contribution is 2.35. The van der Waals surface area contributed by atoms with Gasteiger partial charge < -0.3 is 19.9 Å². The lowest BCUT2D eigenvalue weighted by Crippen LogP contribution is -2.33. The van der Waals surface area contributed by atoms with Crippen LogP contribution in [0, 0.1) is 5.92 Å². The summed E-state index contributed by atoms with van der Waals surface area (Å²) >= 11 is 0. The molecule has 0 saturated heterocycles. The smallest absolute Gasteiger partial charge is 0.416 e. The summed E-state index contributed by atoms with van der Waals surface area (Å²) in [5.41, 5.74) is 3.11. The molecule has 2 aromatic heterocycles. The van der Waals surface area contributed by atoms with Crippen molar-refractivity contribution in [2.24, 2.45) is 5.92 Å². The van der Waals surface area contributed by atoms with Crippen LogP contribution in [-0.4, -0.2) is 43.2 Å². The lowest BCUT2D eigenvalue weighted by atomic mass is 9.80. The molecule has 6 rings (SSSR count). The average molecular weight is 551 g/mol. The number of carbonyl (C=O) groups is 1. The standard InChI is InChI=1S/C29H29F3N6O2/c1-17(19-7-4-8-19)33-24-23-25(35-26(34-24)27(39)40)36-28(37-14-13-20-5-2-3-6-21(20)16-37)38(23)15-18-9-11-22(12-10-18)29(30,31)32/h2-3,5-6,9-12,17,19H,4,7-8,13-16H2,1H3,(H,39,40)(H,33,34,35)/t17-/m1/s1. The molecule has 3 heterocycles. The number of nitrogens with zero attached hydrogens (tertiary/aromatic N) is 5. The summed E-state index contributed by atoms with van der Waals surface area (Å²) < 4.78 is 41.5. The van der Waals surface area contributed by atoms with Crippen molar-refractivity contribution in [2.45, 2.75) is 57.9 Å². The Morgan fingerprint density at radius 2 is 1.80 bits per heavy atom. The van der Waals surface area contributed by atoms with E-state index in [4.69, 9.17) is 4.98 Å². The number of rotatable bonds is 7. The van der Waals surface area contributed by atoms with E-state index in [1.54, 1.807) is 0 Å². The van der Waals surface area contributed by atoms with E-state index < -0.39 is 17.7 Å². The Labute approximate surface area is 228 Å². The van der Waals surface area contributed by atoms with Gasteiger partial charge in [-0.3, -0.25) is 0 Å². The van der Waals surface area contributed by atoms with Crippen LogP contribution < -0.4 is 10.2 Å². The van der Waals surface area contributed by atoms with Crippen molar-refractivity contribution in [3.8, 4) is 0 Å². The second kappa shape index (κ2) is 10.1. The minimum Gasteiger partial charge on any atom is -0.475 e. The molecule has 2 N–H and O–H groups in total. The number of fused-ring (bicyclic) bond motifs is 2. The van der Waals surface area contributed by atoms with Gasteiger partial charge in [0.1, 0.15) is 5.52 Å². The molecule has 11 heteroatoms. The van der Waals surface area contributed by atoms with Crippen LogP contribution in [0.25, 0.3) is 11.2 Å². The van der Waals surface area contributed by atoms with Gasteiger partial charge in [0, 0.05) is 19.1 Å². The first-order chi connectivity index (χ1) is 19.2. The minimum atomic E-state index is -4.43. The van der Waals surface area contributed by atoms with E-state index >= 15 is 0 Å². The van der Waals surface area contributed by atoms with E-state index in [1.165, 1.54) is 17.7 Å². The third kappa shape index (κ3) is 4.96. The number of nitrogens with one attached hydrogen (secondary N) is 1. The first kappa shape index (κ1) is 26.1. The summed E-state index contributed by atoms with van der Waals surface area (Å²) in [5, 5.41) is 13.2. The molecule has 0 radical (unpaired) electrons. The second-order valence-electron chi connectivity index (χ2n) is 10.6. The molecule has 1 saturated carbocycles. The normalized spacial score (nSPS) is 16.4. The zero-order valence-corrected chi connectivity index (χ0v) is 21.9. The number of imidazole rings is 1. The Bertz CT molecular complexity index is 1560. The van der Waals surface area contributed by atoms with E-state index in [1.807, 2.05) is 16.7 Å². The topological polar surface area (TPSA) is 96.2 Å². The van der Waals surface area contributed by atoms with Crippen LogP contribution in [0.5, 0.6) is 0 Å². The highest BCUT2D eigenvalue weighted by molar-refractivity contribution is 5.91. The van der Waals surface area contributed by atoms with E-state index in [0.717, 1.165) is 43.4 Å². The largest absolute Gasteiger partial charge is 0.475 e. The van der Waals surface area contributed by atoms with E-state index in [2.05, 4.69) is 39.2 Å². The summed E-state index contributed by atoms with van der Waals surface area (Å²) in [4.78, 5) is 27.5. The Kier molecular flexibility index (Phi) is 6.59. The molecular formula is C29H29F3N6O2. The molecule has 0 bridgehead atoms. The number of aromatic nitrogens is 4. The van der Waals surface area contributed by atoms with Gasteiger partial charge in [0.05, 0.1) is 12.1 Å². The zero-order valence-electron chi connectivity index (χ0n) is 21.9. The maximum atomic E-state index is 13.2. The lowest BCUT2D eigenvalue weighted by Gasteiger charge is -2.32. The molecule has 1 aliphatic carbocycles. The molecule has 8 nitrogen and oxygen atoms in total. The third-order valence-electron chi connectivity index (χ3n) is 8.03. The summed E-state index contributed by atoms with van der Waals surface area (Å²) in [5.74, 6) is -0.231. The number of carboxylic acid groups (broad SMARTS) is 1. The molecule has 1 aliphatic heterocycles.